The molecule has 0 aromatic heterocycles. The molecule has 0 unspecified atom stereocenters. The first-order chi connectivity index (χ1) is 12.6. The predicted octanol–water partition coefficient (Wildman–Crippen LogP) is 6.74. The number of allylic oxidation sites excluding steroid dienone is 1. The summed E-state index contributed by atoms with van der Waals surface area (Å²) in [5.41, 5.74) is 5.31. The van der Waals surface area contributed by atoms with Crippen LogP contribution in [0.3, 0.4) is 0 Å². The molecule has 3 aromatic carbocycles. The summed E-state index contributed by atoms with van der Waals surface area (Å²) in [6, 6.07) is 22.6. The molecule has 0 spiro atoms. The Hall–Kier alpha value is -2.43. The third-order valence-electron chi connectivity index (χ3n) is 4.04. The van der Waals surface area contributed by atoms with Gasteiger partial charge in [-0.2, -0.15) is 0 Å². The molecule has 3 nitrogen and oxygen atoms in total. The fourth-order valence-electron chi connectivity index (χ4n) is 2.73. The molecule has 0 amide bonds. The average Bonchev–Trinajstić information content (AvgIpc) is 2.67. The molecule has 0 bridgehead atoms. The molecule has 0 radical (unpaired) electrons. The molecule has 0 fully saturated rings. The van der Waals surface area contributed by atoms with Crippen molar-refractivity contribution in [1.29, 1.82) is 0 Å². The lowest BCUT2D eigenvalue weighted by atomic mass is 9.95. The highest BCUT2D eigenvalue weighted by Crippen LogP contribution is 2.28. The van der Waals surface area contributed by atoms with E-state index in [1.807, 2.05) is 24.3 Å². The molecule has 130 valence electrons. The van der Waals surface area contributed by atoms with E-state index in [2.05, 4.69) is 46.3 Å². The quantitative estimate of drug-likeness (QED) is 0.256. The van der Waals surface area contributed by atoms with Gasteiger partial charge >= 0.3 is 0 Å². The van der Waals surface area contributed by atoms with Gasteiger partial charge in [-0.25, -0.2) is 0 Å². The minimum Gasteiger partial charge on any atom is -0.258 e. The maximum absolute atomic E-state index is 10.8. The summed E-state index contributed by atoms with van der Waals surface area (Å²) < 4.78 is 0. The van der Waals surface area contributed by atoms with Crippen LogP contribution in [0.15, 0.2) is 78.9 Å². The van der Waals surface area contributed by atoms with E-state index in [1.54, 1.807) is 12.1 Å². The zero-order valence-corrected chi connectivity index (χ0v) is 16.1. The van der Waals surface area contributed by atoms with Gasteiger partial charge in [0.05, 0.1) is 4.92 Å². The van der Waals surface area contributed by atoms with Crippen LogP contribution in [-0.2, 0) is 0 Å². The minimum atomic E-state index is -0.390. The number of rotatable bonds is 5. The number of benzene rings is 3. The van der Waals surface area contributed by atoms with E-state index in [-0.39, 0.29) is 5.69 Å². The highest BCUT2D eigenvalue weighted by Gasteiger charge is 2.09. The highest BCUT2D eigenvalue weighted by atomic mass is 79.9. The van der Waals surface area contributed by atoms with Gasteiger partial charge < -0.3 is 0 Å². The fourth-order valence-corrected chi connectivity index (χ4v) is 3.18. The van der Waals surface area contributed by atoms with Crippen molar-refractivity contribution in [1.82, 2.24) is 0 Å². The van der Waals surface area contributed by atoms with E-state index in [0.717, 1.165) is 27.8 Å². The van der Waals surface area contributed by atoms with Gasteiger partial charge in [0.25, 0.3) is 5.69 Å². The number of nitrogens with zero attached hydrogens (tertiary/aromatic N) is 1. The molecular weight excluding hydrogens is 414 g/mol. The van der Waals surface area contributed by atoms with E-state index in [0.29, 0.717) is 10.4 Å². The summed E-state index contributed by atoms with van der Waals surface area (Å²) in [5.74, 6) is 0. The van der Waals surface area contributed by atoms with Crippen LogP contribution in [0.1, 0.15) is 11.1 Å². The van der Waals surface area contributed by atoms with Crippen molar-refractivity contribution in [2.75, 3.05) is 5.33 Å². The minimum absolute atomic E-state index is 0.0880. The maximum Gasteiger partial charge on any atom is 0.269 e. The second-order valence-corrected chi connectivity index (χ2v) is 6.74. The van der Waals surface area contributed by atoms with Gasteiger partial charge in [-0.1, -0.05) is 70.0 Å². The Labute approximate surface area is 165 Å². The van der Waals surface area contributed by atoms with Crippen LogP contribution >= 0.6 is 27.5 Å². The Kier molecular flexibility index (Phi) is 5.86. The number of hydrogen-bond donors (Lipinski definition) is 0. The molecule has 5 heteroatoms. The van der Waals surface area contributed by atoms with Gasteiger partial charge in [0.1, 0.15) is 0 Å². The second-order valence-electron chi connectivity index (χ2n) is 5.66. The topological polar surface area (TPSA) is 43.1 Å². The van der Waals surface area contributed by atoms with Gasteiger partial charge in [-0.3, -0.25) is 10.1 Å². The molecule has 0 heterocycles. The first kappa shape index (κ1) is 18.4. The molecule has 0 aliphatic rings. The zero-order chi connectivity index (χ0) is 18.5. The number of halogens is 2. The summed E-state index contributed by atoms with van der Waals surface area (Å²) in [6.45, 7) is 0. The molecule has 3 aromatic rings. The van der Waals surface area contributed by atoms with E-state index < -0.39 is 4.92 Å². The molecule has 0 saturated carbocycles. The van der Waals surface area contributed by atoms with Crippen LogP contribution in [0.2, 0.25) is 5.02 Å². The van der Waals surface area contributed by atoms with Gasteiger partial charge in [-0.15, -0.1) is 0 Å². The van der Waals surface area contributed by atoms with Crippen molar-refractivity contribution >= 4 is 38.8 Å². The summed E-state index contributed by atoms with van der Waals surface area (Å²) in [6.07, 6.45) is 2.05. The van der Waals surface area contributed by atoms with E-state index >= 15 is 0 Å². The summed E-state index contributed by atoms with van der Waals surface area (Å²) in [7, 11) is 0. The number of nitro groups is 1. The van der Waals surface area contributed by atoms with Gasteiger partial charge in [0.2, 0.25) is 0 Å². The fraction of sp³-hybridized carbons (Fsp3) is 0.0476. The molecule has 26 heavy (non-hydrogen) atoms. The van der Waals surface area contributed by atoms with Crippen molar-refractivity contribution in [3.05, 3.63) is 105 Å². The Bertz CT molecular complexity index is 933. The molecule has 0 saturated heterocycles. The number of nitro benzene ring substituents is 1. The zero-order valence-electron chi connectivity index (χ0n) is 13.7. The van der Waals surface area contributed by atoms with E-state index in [1.165, 1.54) is 12.1 Å². The Morgan fingerprint density at radius 3 is 1.81 bits per heavy atom. The molecular formula is C21H15BrClNO2. The first-order valence-electron chi connectivity index (χ1n) is 7.96. The van der Waals surface area contributed by atoms with Gasteiger partial charge in [-0.05, 0) is 52.1 Å². The summed E-state index contributed by atoms with van der Waals surface area (Å²) in [4.78, 5) is 10.5. The number of alkyl halides is 1. The average molecular weight is 429 g/mol. The van der Waals surface area contributed by atoms with Crippen LogP contribution < -0.4 is 0 Å². The highest BCUT2D eigenvalue weighted by molar-refractivity contribution is 9.09. The summed E-state index contributed by atoms with van der Waals surface area (Å²) >= 11 is 9.39. The lowest BCUT2D eigenvalue weighted by Gasteiger charge is -2.10. The first-order valence-corrected chi connectivity index (χ1v) is 9.46. The van der Waals surface area contributed by atoms with Crippen LogP contribution in [-0.4, -0.2) is 10.3 Å². The standard InChI is InChI=1S/C21H15BrClNO2/c22-14-13-21(18-7-11-20(12-8-18)24(25)26)17-3-1-15(2-4-17)16-5-9-19(23)10-6-16/h1-13H,14H2/b21-13-. The van der Waals surface area contributed by atoms with Crippen LogP contribution in [0, 0.1) is 10.1 Å². The second kappa shape index (κ2) is 8.30. The third kappa shape index (κ3) is 4.21. The van der Waals surface area contributed by atoms with Crippen molar-refractivity contribution in [2.24, 2.45) is 0 Å². The van der Waals surface area contributed by atoms with Crippen LogP contribution in [0.25, 0.3) is 16.7 Å². The molecule has 0 N–H and O–H groups in total. The van der Waals surface area contributed by atoms with Crippen LogP contribution in [0.5, 0.6) is 0 Å². The van der Waals surface area contributed by atoms with Crippen molar-refractivity contribution in [3.63, 3.8) is 0 Å². The molecule has 0 atom stereocenters. The number of hydrogen-bond acceptors (Lipinski definition) is 2. The normalized spacial score (nSPS) is 11.4. The summed E-state index contributed by atoms with van der Waals surface area (Å²) in [5, 5.41) is 12.3. The van der Waals surface area contributed by atoms with Crippen molar-refractivity contribution in [3.8, 4) is 11.1 Å². The third-order valence-corrected chi connectivity index (χ3v) is 4.62. The van der Waals surface area contributed by atoms with Gasteiger partial charge in [0, 0.05) is 22.5 Å². The number of non-ortho nitro benzene ring substituents is 1. The molecule has 0 aliphatic carbocycles. The smallest absolute Gasteiger partial charge is 0.258 e. The van der Waals surface area contributed by atoms with Crippen LogP contribution in [0.4, 0.5) is 5.69 Å². The maximum atomic E-state index is 10.8. The SMILES string of the molecule is O=[N+]([O-])c1ccc(/C(=C\CBr)c2ccc(-c3ccc(Cl)cc3)cc2)cc1. The lowest BCUT2D eigenvalue weighted by molar-refractivity contribution is -0.384. The van der Waals surface area contributed by atoms with E-state index in [4.69, 9.17) is 11.6 Å². The van der Waals surface area contributed by atoms with Gasteiger partial charge in [0.15, 0.2) is 0 Å². The van der Waals surface area contributed by atoms with Crippen molar-refractivity contribution < 1.29 is 4.92 Å². The monoisotopic (exact) mass is 427 g/mol. The van der Waals surface area contributed by atoms with Crippen molar-refractivity contribution in [2.45, 2.75) is 0 Å². The van der Waals surface area contributed by atoms with E-state index in [9.17, 15) is 10.1 Å². The Morgan fingerprint density at radius 1 is 0.885 bits per heavy atom. The lowest BCUT2D eigenvalue weighted by Crippen LogP contribution is -1.92. The molecule has 3 rings (SSSR count). The largest absolute Gasteiger partial charge is 0.269 e. The predicted molar refractivity (Wildman–Crippen MR) is 111 cm³/mol. The Balaban J connectivity index is 1.92. The molecule has 0 aliphatic heterocycles. The Morgan fingerprint density at radius 2 is 1.35 bits per heavy atom.